The maximum atomic E-state index is 5.84. The van der Waals surface area contributed by atoms with Crippen LogP contribution in [0.1, 0.15) is 11.1 Å². The Morgan fingerprint density at radius 3 is 2.30 bits per heavy atom. The number of ether oxygens (including phenoxy) is 3. The van der Waals surface area contributed by atoms with Crippen molar-refractivity contribution < 1.29 is 14.2 Å². The summed E-state index contributed by atoms with van der Waals surface area (Å²) in [5.74, 6) is 1.62. The van der Waals surface area contributed by atoms with Crippen molar-refractivity contribution in [3.8, 4) is 17.4 Å². The number of aromatic nitrogens is 1. The number of benzene rings is 1. The van der Waals surface area contributed by atoms with Gasteiger partial charge in [-0.3, -0.25) is 0 Å². The van der Waals surface area contributed by atoms with Crippen LogP contribution in [0, 0.1) is 6.92 Å². The van der Waals surface area contributed by atoms with Gasteiger partial charge in [0.15, 0.2) is 5.75 Å². The molecule has 1 heterocycles. The molecular weight excluding hydrogens is 322 g/mol. The van der Waals surface area contributed by atoms with Crippen molar-refractivity contribution >= 4 is 17.0 Å². The molecule has 0 radical (unpaired) electrons. The molecule has 0 saturated carbocycles. The quantitative estimate of drug-likeness (QED) is 0.834. The van der Waals surface area contributed by atoms with Gasteiger partial charge in [-0.2, -0.15) is 0 Å². The summed E-state index contributed by atoms with van der Waals surface area (Å²) in [5.41, 5.74) is 2.01. The number of hydrogen-bond donors (Lipinski definition) is 0. The summed E-state index contributed by atoms with van der Waals surface area (Å²) in [6.45, 7) is 2.40. The molecule has 0 amide bonds. The van der Waals surface area contributed by atoms with Crippen molar-refractivity contribution in [2.45, 2.75) is 13.5 Å². The Morgan fingerprint density at radius 2 is 1.70 bits per heavy atom. The van der Waals surface area contributed by atoms with E-state index in [1.165, 1.54) is 0 Å². The van der Waals surface area contributed by atoms with Crippen LogP contribution in [0.15, 0.2) is 36.5 Å². The van der Waals surface area contributed by atoms with Gasteiger partial charge in [0.05, 0.1) is 14.2 Å². The molecule has 2 aromatic rings. The van der Waals surface area contributed by atoms with Crippen LogP contribution in [-0.2, 0) is 6.61 Å². The van der Waals surface area contributed by atoms with Gasteiger partial charge in [-0.15, -0.1) is 17.0 Å². The molecule has 108 valence electrons. The summed E-state index contributed by atoms with van der Waals surface area (Å²) in [7, 11) is 3.13. The van der Waals surface area contributed by atoms with E-state index in [0.29, 0.717) is 24.0 Å². The zero-order chi connectivity index (χ0) is 13.7. The normalized spacial score (nSPS) is 9.55. The van der Waals surface area contributed by atoms with Crippen molar-refractivity contribution in [2.75, 3.05) is 14.2 Å². The Balaban J connectivity index is 0.00000200. The third-order valence-corrected chi connectivity index (χ3v) is 2.76. The van der Waals surface area contributed by atoms with E-state index in [1.54, 1.807) is 20.4 Å². The maximum absolute atomic E-state index is 5.84. The van der Waals surface area contributed by atoms with Gasteiger partial charge in [0.1, 0.15) is 6.61 Å². The molecule has 0 fully saturated rings. The van der Waals surface area contributed by atoms with Gasteiger partial charge in [-0.1, -0.05) is 30.3 Å². The van der Waals surface area contributed by atoms with Crippen LogP contribution in [0.5, 0.6) is 17.4 Å². The highest BCUT2D eigenvalue weighted by Gasteiger charge is 2.15. The number of pyridine rings is 1. The molecule has 4 nitrogen and oxygen atoms in total. The molecule has 0 N–H and O–H groups in total. The van der Waals surface area contributed by atoms with Crippen LogP contribution >= 0.6 is 17.0 Å². The fraction of sp³-hybridized carbons (Fsp3) is 0.267. The van der Waals surface area contributed by atoms with Gasteiger partial charge in [0.25, 0.3) is 5.88 Å². The van der Waals surface area contributed by atoms with Crippen LogP contribution in [0.2, 0.25) is 0 Å². The molecule has 1 aromatic carbocycles. The molecule has 0 aliphatic carbocycles. The zero-order valence-corrected chi connectivity index (χ0v) is 13.5. The smallest absolute Gasteiger partial charge is 0.260 e. The average molecular weight is 340 g/mol. The largest absolute Gasteiger partial charge is 0.489 e. The van der Waals surface area contributed by atoms with Gasteiger partial charge < -0.3 is 14.2 Å². The van der Waals surface area contributed by atoms with E-state index in [1.807, 2.05) is 37.3 Å². The van der Waals surface area contributed by atoms with Crippen LogP contribution in [0.25, 0.3) is 0 Å². The molecule has 0 bridgehead atoms. The highest BCUT2D eigenvalue weighted by atomic mass is 79.9. The monoisotopic (exact) mass is 339 g/mol. The number of methoxy groups -OCH3 is 2. The average Bonchev–Trinajstić information content (AvgIpc) is 2.46. The predicted octanol–water partition coefficient (Wildman–Crippen LogP) is 3.56. The number of hydrogen-bond acceptors (Lipinski definition) is 4. The van der Waals surface area contributed by atoms with Crippen LogP contribution in [-0.4, -0.2) is 19.2 Å². The highest BCUT2D eigenvalue weighted by Crippen LogP contribution is 2.37. The molecule has 0 unspecified atom stereocenters. The minimum atomic E-state index is 0. The molecule has 20 heavy (non-hydrogen) atoms. The number of halogens is 1. The lowest BCUT2D eigenvalue weighted by atomic mass is 10.2. The first-order valence-corrected chi connectivity index (χ1v) is 6.00. The highest BCUT2D eigenvalue weighted by molar-refractivity contribution is 8.93. The Labute approximate surface area is 129 Å². The molecule has 1 aromatic heterocycles. The van der Waals surface area contributed by atoms with E-state index in [2.05, 4.69) is 4.98 Å². The van der Waals surface area contributed by atoms with E-state index in [-0.39, 0.29) is 17.0 Å². The topological polar surface area (TPSA) is 40.6 Å². The van der Waals surface area contributed by atoms with E-state index >= 15 is 0 Å². The summed E-state index contributed by atoms with van der Waals surface area (Å²) in [6, 6.07) is 9.97. The molecule has 0 saturated heterocycles. The molecule has 0 aliphatic heterocycles. The first kappa shape index (κ1) is 16.3. The second-order valence-corrected chi connectivity index (χ2v) is 4.09. The summed E-state index contributed by atoms with van der Waals surface area (Å²) in [4.78, 5) is 4.16. The Hall–Kier alpha value is -1.75. The molecular formula is C15H18BrNO3. The summed E-state index contributed by atoms with van der Waals surface area (Å²) in [6.07, 6.45) is 1.71. The molecule has 0 aliphatic rings. The fourth-order valence-electron chi connectivity index (χ4n) is 1.78. The second-order valence-electron chi connectivity index (χ2n) is 4.09. The molecule has 0 atom stereocenters. The fourth-order valence-corrected chi connectivity index (χ4v) is 1.78. The van der Waals surface area contributed by atoms with Crippen molar-refractivity contribution in [1.29, 1.82) is 0 Å². The first-order chi connectivity index (χ1) is 9.26. The van der Waals surface area contributed by atoms with Gasteiger partial charge in [0, 0.05) is 11.8 Å². The van der Waals surface area contributed by atoms with E-state index in [0.717, 1.165) is 11.1 Å². The van der Waals surface area contributed by atoms with Crippen molar-refractivity contribution in [2.24, 2.45) is 0 Å². The SMILES string of the molecule is Br.COc1ncc(C)c(OCc2ccccc2)c1OC. The van der Waals surface area contributed by atoms with Gasteiger partial charge >= 0.3 is 0 Å². The van der Waals surface area contributed by atoms with Gasteiger partial charge in [0.2, 0.25) is 5.75 Å². The number of rotatable bonds is 5. The van der Waals surface area contributed by atoms with E-state index in [4.69, 9.17) is 14.2 Å². The van der Waals surface area contributed by atoms with Crippen LogP contribution in [0.3, 0.4) is 0 Å². The Morgan fingerprint density at radius 1 is 1.00 bits per heavy atom. The van der Waals surface area contributed by atoms with Gasteiger partial charge in [-0.05, 0) is 12.5 Å². The summed E-state index contributed by atoms with van der Waals surface area (Å²) < 4.78 is 16.3. The molecule has 0 spiro atoms. The van der Waals surface area contributed by atoms with Crippen LogP contribution < -0.4 is 14.2 Å². The minimum absolute atomic E-state index is 0. The molecule has 5 heteroatoms. The predicted molar refractivity (Wildman–Crippen MR) is 83.2 cm³/mol. The van der Waals surface area contributed by atoms with Crippen molar-refractivity contribution in [3.63, 3.8) is 0 Å². The lowest BCUT2D eigenvalue weighted by Gasteiger charge is -2.15. The second kappa shape index (κ2) is 7.75. The maximum Gasteiger partial charge on any atom is 0.260 e. The number of nitrogens with zero attached hydrogens (tertiary/aromatic N) is 1. The minimum Gasteiger partial charge on any atom is -0.489 e. The number of aryl methyl sites for hydroxylation is 1. The van der Waals surface area contributed by atoms with Crippen molar-refractivity contribution in [1.82, 2.24) is 4.98 Å². The lowest BCUT2D eigenvalue weighted by Crippen LogP contribution is -2.02. The standard InChI is InChI=1S/C15H17NO3.BrH/c1-11-9-16-15(18-3)14(17-2)13(11)19-10-12-7-5-4-6-8-12;/h4-9H,10H2,1-3H3;1H. The lowest BCUT2D eigenvalue weighted by molar-refractivity contribution is 0.270. The van der Waals surface area contributed by atoms with E-state index in [9.17, 15) is 0 Å². The van der Waals surface area contributed by atoms with E-state index < -0.39 is 0 Å². The molecule has 2 rings (SSSR count). The Bertz CT molecular complexity index is 546. The van der Waals surface area contributed by atoms with Crippen LogP contribution in [0.4, 0.5) is 0 Å². The third-order valence-electron chi connectivity index (χ3n) is 2.76. The van der Waals surface area contributed by atoms with Crippen molar-refractivity contribution in [3.05, 3.63) is 47.7 Å². The van der Waals surface area contributed by atoms with Gasteiger partial charge in [-0.25, -0.2) is 4.98 Å². The zero-order valence-electron chi connectivity index (χ0n) is 11.8. The Kier molecular flexibility index (Phi) is 6.31. The first-order valence-electron chi connectivity index (χ1n) is 6.00. The third kappa shape index (κ3) is 3.63. The summed E-state index contributed by atoms with van der Waals surface area (Å²) in [5, 5.41) is 0. The summed E-state index contributed by atoms with van der Waals surface area (Å²) >= 11 is 0.